The van der Waals surface area contributed by atoms with Crippen molar-refractivity contribution in [1.29, 1.82) is 0 Å². The molecule has 0 aliphatic carbocycles. The molecule has 2 N–H and O–H groups in total. The molecule has 0 aliphatic heterocycles. The number of rotatable bonds is 7. The van der Waals surface area contributed by atoms with Crippen molar-refractivity contribution < 1.29 is 4.74 Å². The fourth-order valence-corrected chi connectivity index (χ4v) is 3.31. The van der Waals surface area contributed by atoms with Crippen molar-refractivity contribution in [3.8, 4) is 0 Å². The maximum Gasteiger partial charge on any atom is 0.191 e. The predicted molar refractivity (Wildman–Crippen MR) is 103 cm³/mol. The zero-order valence-corrected chi connectivity index (χ0v) is 15.7. The molecule has 0 fully saturated rings. The lowest BCUT2D eigenvalue weighted by Gasteiger charge is -2.25. The van der Waals surface area contributed by atoms with Crippen molar-refractivity contribution in [3.05, 3.63) is 57.8 Å². The Labute approximate surface area is 149 Å². The van der Waals surface area contributed by atoms with Gasteiger partial charge in [-0.3, -0.25) is 4.99 Å². The van der Waals surface area contributed by atoms with Crippen LogP contribution in [-0.2, 0) is 23.3 Å². The van der Waals surface area contributed by atoms with Crippen molar-refractivity contribution >= 4 is 17.3 Å². The molecule has 1 aromatic heterocycles. The normalized spacial score (nSPS) is 12.2. The molecule has 0 saturated carbocycles. The Hall–Kier alpha value is -1.85. The summed E-state index contributed by atoms with van der Waals surface area (Å²) in [6.45, 7) is 6.68. The van der Waals surface area contributed by atoms with Crippen LogP contribution in [0.2, 0.25) is 0 Å². The average molecular weight is 346 g/mol. The van der Waals surface area contributed by atoms with E-state index in [0.29, 0.717) is 6.61 Å². The summed E-state index contributed by atoms with van der Waals surface area (Å²) in [5, 5.41) is 8.93. The number of aliphatic imine (C=N–C) groups is 1. The van der Waals surface area contributed by atoms with Crippen molar-refractivity contribution in [3.63, 3.8) is 0 Å². The second-order valence-corrected chi connectivity index (χ2v) is 7.34. The number of ether oxygens (including phenoxy) is 1. The number of nitrogens with one attached hydrogen (secondary N) is 2. The smallest absolute Gasteiger partial charge is 0.191 e. The van der Waals surface area contributed by atoms with Gasteiger partial charge in [0.15, 0.2) is 5.96 Å². The third-order valence-electron chi connectivity index (χ3n) is 3.87. The molecule has 24 heavy (non-hydrogen) atoms. The lowest BCUT2D eigenvalue weighted by atomic mass is 9.91. The highest BCUT2D eigenvalue weighted by atomic mass is 32.1. The molecule has 0 aliphatic rings. The van der Waals surface area contributed by atoms with Crippen molar-refractivity contribution in [2.24, 2.45) is 4.99 Å². The van der Waals surface area contributed by atoms with Crippen LogP contribution in [0.4, 0.5) is 0 Å². The second-order valence-electron chi connectivity index (χ2n) is 6.39. The van der Waals surface area contributed by atoms with Crippen LogP contribution in [0.15, 0.2) is 46.8 Å². The first-order chi connectivity index (χ1) is 11.5. The van der Waals surface area contributed by atoms with E-state index in [9.17, 15) is 0 Å². The third-order valence-corrected chi connectivity index (χ3v) is 5.11. The molecule has 0 atom stereocenters. The number of nitrogens with zero attached hydrogens (tertiary/aromatic N) is 1. The summed E-state index contributed by atoms with van der Waals surface area (Å²) in [6.07, 6.45) is 0. The SMILES string of the molecule is CN=C(NCc1cccc(COC)c1)NCC(C)(C)c1cccs1. The highest BCUT2D eigenvalue weighted by molar-refractivity contribution is 7.10. The number of hydrogen-bond acceptors (Lipinski definition) is 3. The molecule has 4 nitrogen and oxygen atoms in total. The van der Waals surface area contributed by atoms with Crippen LogP contribution < -0.4 is 10.6 Å². The van der Waals surface area contributed by atoms with E-state index < -0.39 is 0 Å². The minimum absolute atomic E-state index is 0.0736. The van der Waals surface area contributed by atoms with Crippen LogP contribution in [0, 0.1) is 0 Å². The van der Waals surface area contributed by atoms with Crippen molar-refractivity contribution in [1.82, 2.24) is 10.6 Å². The van der Waals surface area contributed by atoms with Gasteiger partial charge in [0.1, 0.15) is 0 Å². The van der Waals surface area contributed by atoms with Gasteiger partial charge in [0.25, 0.3) is 0 Å². The first kappa shape index (κ1) is 18.5. The Balaban J connectivity index is 1.88. The lowest BCUT2D eigenvalue weighted by molar-refractivity contribution is 0.185. The molecular formula is C19H27N3OS. The molecule has 5 heteroatoms. The van der Waals surface area contributed by atoms with Gasteiger partial charge < -0.3 is 15.4 Å². The number of hydrogen-bond donors (Lipinski definition) is 2. The predicted octanol–water partition coefficient (Wildman–Crippen LogP) is 3.54. The van der Waals surface area contributed by atoms with E-state index in [1.807, 2.05) is 0 Å². The van der Waals surface area contributed by atoms with E-state index in [1.165, 1.54) is 16.0 Å². The molecule has 2 aromatic rings. The second kappa shape index (κ2) is 8.85. The summed E-state index contributed by atoms with van der Waals surface area (Å²) >= 11 is 1.79. The monoisotopic (exact) mass is 345 g/mol. The van der Waals surface area contributed by atoms with Gasteiger partial charge in [-0.05, 0) is 22.6 Å². The zero-order chi connectivity index (χ0) is 17.4. The fraction of sp³-hybridized carbons (Fsp3) is 0.421. The van der Waals surface area contributed by atoms with E-state index in [-0.39, 0.29) is 5.41 Å². The Bertz CT molecular complexity index is 650. The Morgan fingerprint density at radius 1 is 1.17 bits per heavy atom. The molecule has 1 heterocycles. The highest BCUT2D eigenvalue weighted by Gasteiger charge is 2.21. The molecule has 2 rings (SSSR count). The van der Waals surface area contributed by atoms with Gasteiger partial charge in [0.05, 0.1) is 6.61 Å². The molecule has 0 unspecified atom stereocenters. The lowest BCUT2D eigenvalue weighted by Crippen LogP contribution is -2.42. The van der Waals surface area contributed by atoms with Crippen LogP contribution in [-0.4, -0.2) is 26.7 Å². The largest absolute Gasteiger partial charge is 0.380 e. The van der Waals surface area contributed by atoms with Gasteiger partial charge in [-0.25, -0.2) is 0 Å². The molecule has 0 radical (unpaired) electrons. The Morgan fingerprint density at radius 3 is 2.62 bits per heavy atom. The maximum absolute atomic E-state index is 5.19. The fourth-order valence-electron chi connectivity index (χ4n) is 2.46. The van der Waals surface area contributed by atoms with Gasteiger partial charge in [0.2, 0.25) is 0 Å². The van der Waals surface area contributed by atoms with Gasteiger partial charge >= 0.3 is 0 Å². The van der Waals surface area contributed by atoms with Crippen LogP contribution in [0.25, 0.3) is 0 Å². The zero-order valence-electron chi connectivity index (χ0n) is 14.9. The molecule has 0 spiro atoms. The van der Waals surface area contributed by atoms with Crippen molar-refractivity contribution in [2.45, 2.75) is 32.4 Å². The summed E-state index contributed by atoms with van der Waals surface area (Å²) in [5.74, 6) is 0.816. The van der Waals surface area contributed by atoms with Gasteiger partial charge in [-0.1, -0.05) is 44.2 Å². The van der Waals surface area contributed by atoms with Gasteiger partial charge in [0, 0.05) is 37.5 Å². The molecule has 0 saturated heterocycles. The van der Waals surface area contributed by atoms with E-state index in [4.69, 9.17) is 4.74 Å². The molecule has 0 bridgehead atoms. The first-order valence-corrected chi connectivity index (χ1v) is 8.98. The topological polar surface area (TPSA) is 45.7 Å². The minimum atomic E-state index is 0.0736. The Morgan fingerprint density at radius 2 is 1.96 bits per heavy atom. The van der Waals surface area contributed by atoms with E-state index in [0.717, 1.165) is 19.0 Å². The molecule has 0 amide bonds. The van der Waals surface area contributed by atoms with Crippen LogP contribution in [0.3, 0.4) is 0 Å². The van der Waals surface area contributed by atoms with E-state index in [1.54, 1.807) is 25.5 Å². The third kappa shape index (κ3) is 5.35. The summed E-state index contributed by atoms with van der Waals surface area (Å²) in [4.78, 5) is 5.69. The highest BCUT2D eigenvalue weighted by Crippen LogP contribution is 2.26. The minimum Gasteiger partial charge on any atom is -0.380 e. The molecule has 130 valence electrons. The van der Waals surface area contributed by atoms with Crippen molar-refractivity contribution in [2.75, 3.05) is 20.7 Å². The summed E-state index contributed by atoms with van der Waals surface area (Å²) < 4.78 is 5.19. The number of guanidine groups is 1. The van der Waals surface area contributed by atoms with Crippen LogP contribution in [0.1, 0.15) is 29.9 Å². The number of benzene rings is 1. The van der Waals surface area contributed by atoms with Gasteiger partial charge in [-0.15, -0.1) is 11.3 Å². The van der Waals surface area contributed by atoms with E-state index >= 15 is 0 Å². The molecule has 1 aromatic carbocycles. The first-order valence-electron chi connectivity index (χ1n) is 8.10. The summed E-state index contributed by atoms with van der Waals surface area (Å²) in [7, 11) is 3.51. The maximum atomic E-state index is 5.19. The quantitative estimate of drug-likeness (QED) is 0.596. The Kier molecular flexibility index (Phi) is 6.82. The van der Waals surface area contributed by atoms with Crippen LogP contribution >= 0.6 is 11.3 Å². The van der Waals surface area contributed by atoms with Crippen LogP contribution in [0.5, 0.6) is 0 Å². The summed E-state index contributed by atoms with van der Waals surface area (Å²) in [5.41, 5.74) is 2.47. The number of thiophene rings is 1. The number of methoxy groups -OCH3 is 1. The van der Waals surface area contributed by atoms with Gasteiger partial charge in [-0.2, -0.15) is 0 Å². The average Bonchev–Trinajstić information content (AvgIpc) is 3.11. The summed E-state index contributed by atoms with van der Waals surface area (Å²) in [6, 6.07) is 12.7. The standard InChI is InChI=1S/C19H27N3OS/c1-19(2,17-9-6-10-24-17)14-22-18(20-3)21-12-15-7-5-8-16(11-15)13-23-4/h5-11H,12-14H2,1-4H3,(H2,20,21,22). The van der Waals surface area contributed by atoms with E-state index in [2.05, 4.69) is 71.3 Å². The molecular weight excluding hydrogens is 318 g/mol.